The lowest BCUT2D eigenvalue weighted by atomic mass is 10.2. The van der Waals surface area contributed by atoms with Crippen LogP contribution in [0.25, 0.3) is 22.6 Å². The summed E-state index contributed by atoms with van der Waals surface area (Å²) in [5.41, 5.74) is 1.28. The Morgan fingerprint density at radius 2 is 1.73 bits per heavy atom. The predicted octanol–water partition coefficient (Wildman–Crippen LogP) is 3.76. The molecule has 2 aromatic heterocycles. The molecule has 0 saturated heterocycles. The molecule has 108 valence electrons. The van der Waals surface area contributed by atoms with Crippen molar-refractivity contribution in [3.8, 4) is 11.5 Å². The van der Waals surface area contributed by atoms with Crippen molar-refractivity contribution in [1.29, 1.82) is 0 Å². The Labute approximate surface area is 123 Å². The minimum atomic E-state index is -0.454. The highest BCUT2D eigenvalue weighted by molar-refractivity contribution is 5.75. The summed E-state index contributed by atoms with van der Waals surface area (Å²) in [6, 6.07) is 14.0. The monoisotopic (exact) mass is 296 g/mol. The van der Waals surface area contributed by atoms with Crippen molar-refractivity contribution in [2.24, 2.45) is 0 Å². The summed E-state index contributed by atoms with van der Waals surface area (Å²) in [5, 5.41) is 10.5. The highest BCUT2D eigenvalue weighted by atomic mass is 19.1. The van der Waals surface area contributed by atoms with Crippen LogP contribution in [0.4, 0.5) is 16.4 Å². The van der Waals surface area contributed by atoms with Crippen LogP contribution in [0, 0.1) is 5.82 Å². The van der Waals surface area contributed by atoms with E-state index in [1.807, 2.05) is 30.3 Å². The van der Waals surface area contributed by atoms with E-state index in [0.717, 1.165) is 5.56 Å². The number of hydrogen-bond acceptors (Lipinski definition) is 6. The van der Waals surface area contributed by atoms with Crippen LogP contribution < -0.4 is 5.32 Å². The van der Waals surface area contributed by atoms with E-state index in [9.17, 15) is 4.39 Å². The zero-order valence-electron chi connectivity index (χ0n) is 11.2. The van der Waals surface area contributed by atoms with E-state index in [1.54, 1.807) is 12.1 Å². The molecule has 0 unspecified atom stereocenters. The number of nitrogens with zero attached hydrogens (tertiary/aromatic N) is 3. The van der Waals surface area contributed by atoms with Gasteiger partial charge >= 0.3 is 12.0 Å². The van der Waals surface area contributed by atoms with Gasteiger partial charge in [-0.1, -0.05) is 29.4 Å². The molecule has 4 rings (SSSR count). The Balaban J connectivity index is 1.63. The molecule has 2 heterocycles. The largest absolute Gasteiger partial charge is 0.423 e. The first kappa shape index (κ1) is 12.5. The minimum Gasteiger partial charge on any atom is -0.423 e. The number of hydrogen-bond donors (Lipinski definition) is 1. The van der Waals surface area contributed by atoms with Crippen LogP contribution in [0.15, 0.2) is 57.4 Å². The maximum absolute atomic E-state index is 13.6. The summed E-state index contributed by atoms with van der Waals surface area (Å²) in [5.74, 6) is -0.0878. The predicted molar refractivity (Wildman–Crippen MR) is 77.0 cm³/mol. The van der Waals surface area contributed by atoms with Gasteiger partial charge in [-0.15, -0.1) is 5.10 Å². The normalized spacial score (nSPS) is 11.0. The lowest BCUT2D eigenvalue weighted by Crippen LogP contribution is -1.90. The van der Waals surface area contributed by atoms with E-state index < -0.39 is 5.82 Å². The smallest absolute Gasteiger partial charge is 0.323 e. The molecule has 0 saturated carbocycles. The van der Waals surface area contributed by atoms with E-state index in [-0.39, 0.29) is 17.5 Å². The first-order chi connectivity index (χ1) is 10.8. The fraction of sp³-hybridized carbons (Fsp3) is 0. The molecule has 2 aromatic carbocycles. The molecule has 0 aliphatic heterocycles. The molecule has 0 atom stereocenters. The quantitative estimate of drug-likeness (QED) is 0.620. The topological polar surface area (TPSA) is 77.0 Å². The number of fused-ring (bicyclic) bond motifs is 1. The standard InChI is InChI=1S/C15H9FN4O2/c16-10-7-4-8-11-12(10)17-14(21-11)18-15-20-19-13(22-15)9-5-2-1-3-6-9/h1-8H,(H,17,18,20). The van der Waals surface area contributed by atoms with Crippen molar-refractivity contribution in [3.05, 3.63) is 54.3 Å². The Morgan fingerprint density at radius 3 is 2.55 bits per heavy atom. The second-order valence-electron chi connectivity index (χ2n) is 4.51. The average Bonchev–Trinajstić information content (AvgIpc) is 3.16. The molecule has 0 spiro atoms. The fourth-order valence-electron chi connectivity index (χ4n) is 2.03. The van der Waals surface area contributed by atoms with Crippen LogP contribution in [-0.2, 0) is 0 Å². The first-order valence-electron chi connectivity index (χ1n) is 6.50. The summed E-state index contributed by atoms with van der Waals surface area (Å²) in [6.07, 6.45) is 0. The molecule has 0 aliphatic carbocycles. The van der Waals surface area contributed by atoms with Gasteiger partial charge in [0.05, 0.1) is 0 Å². The second-order valence-corrected chi connectivity index (χ2v) is 4.51. The summed E-state index contributed by atoms with van der Waals surface area (Å²) < 4.78 is 24.4. The zero-order chi connectivity index (χ0) is 14.9. The second kappa shape index (κ2) is 4.96. The minimum absolute atomic E-state index is 0.0864. The molecule has 4 aromatic rings. The lowest BCUT2D eigenvalue weighted by molar-refractivity contribution is 0.571. The van der Waals surface area contributed by atoms with Gasteiger partial charge in [0.15, 0.2) is 11.4 Å². The molecule has 0 aliphatic rings. The number of benzene rings is 2. The number of aromatic nitrogens is 3. The Kier molecular flexibility index (Phi) is 2.82. The maximum atomic E-state index is 13.6. The van der Waals surface area contributed by atoms with Crippen LogP contribution in [0.3, 0.4) is 0 Å². The van der Waals surface area contributed by atoms with Crippen LogP contribution in [0.2, 0.25) is 0 Å². The molecule has 6 nitrogen and oxygen atoms in total. The van der Waals surface area contributed by atoms with Crippen LogP contribution in [0.1, 0.15) is 0 Å². The van der Waals surface area contributed by atoms with Crippen molar-refractivity contribution >= 4 is 23.1 Å². The molecule has 1 N–H and O–H groups in total. The van der Waals surface area contributed by atoms with Crippen molar-refractivity contribution in [2.45, 2.75) is 0 Å². The molecule has 22 heavy (non-hydrogen) atoms. The molecule has 0 amide bonds. The Morgan fingerprint density at radius 1 is 0.864 bits per heavy atom. The average molecular weight is 296 g/mol. The van der Waals surface area contributed by atoms with Crippen molar-refractivity contribution in [2.75, 3.05) is 5.32 Å². The summed E-state index contributed by atoms with van der Waals surface area (Å²) in [6.45, 7) is 0. The number of halogens is 1. The number of anilines is 2. The molecular formula is C15H9FN4O2. The van der Waals surface area contributed by atoms with Gasteiger partial charge in [-0.05, 0) is 24.3 Å². The summed E-state index contributed by atoms with van der Waals surface area (Å²) >= 11 is 0. The first-order valence-corrected chi connectivity index (χ1v) is 6.50. The maximum Gasteiger partial charge on any atom is 0.323 e. The van der Waals surface area contributed by atoms with Gasteiger partial charge in [0.2, 0.25) is 5.89 Å². The summed E-state index contributed by atoms with van der Waals surface area (Å²) in [7, 11) is 0. The highest BCUT2D eigenvalue weighted by Gasteiger charge is 2.13. The molecular weight excluding hydrogens is 287 g/mol. The van der Waals surface area contributed by atoms with E-state index in [0.29, 0.717) is 11.5 Å². The third kappa shape index (κ3) is 2.18. The number of para-hydroxylation sites is 1. The van der Waals surface area contributed by atoms with E-state index in [4.69, 9.17) is 8.83 Å². The number of rotatable bonds is 3. The summed E-state index contributed by atoms with van der Waals surface area (Å²) in [4.78, 5) is 4.01. The molecule has 0 fully saturated rings. The van der Waals surface area contributed by atoms with Gasteiger partial charge in [0, 0.05) is 5.56 Å². The van der Waals surface area contributed by atoms with E-state index in [1.165, 1.54) is 6.07 Å². The molecule has 7 heteroatoms. The fourth-order valence-corrected chi connectivity index (χ4v) is 2.03. The Bertz CT molecular complexity index is 933. The number of nitrogens with one attached hydrogen (secondary N) is 1. The molecule has 0 bridgehead atoms. The zero-order valence-corrected chi connectivity index (χ0v) is 11.2. The van der Waals surface area contributed by atoms with E-state index >= 15 is 0 Å². The Hall–Kier alpha value is -3.22. The third-order valence-corrected chi connectivity index (χ3v) is 3.03. The van der Waals surface area contributed by atoms with E-state index in [2.05, 4.69) is 20.5 Å². The van der Waals surface area contributed by atoms with Gasteiger partial charge in [-0.2, -0.15) is 4.98 Å². The van der Waals surface area contributed by atoms with Crippen LogP contribution in [0.5, 0.6) is 0 Å². The van der Waals surface area contributed by atoms with Gasteiger partial charge in [-0.3, -0.25) is 5.32 Å². The van der Waals surface area contributed by atoms with Gasteiger partial charge in [0.1, 0.15) is 5.52 Å². The highest BCUT2D eigenvalue weighted by Crippen LogP contribution is 2.25. The molecule has 0 radical (unpaired) electrons. The SMILES string of the molecule is Fc1cccc2oc(Nc3nnc(-c4ccccc4)o3)nc12. The van der Waals surface area contributed by atoms with Crippen LogP contribution >= 0.6 is 0 Å². The van der Waals surface area contributed by atoms with Crippen molar-refractivity contribution in [1.82, 2.24) is 15.2 Å². The van der Waals surface area contributed by atoms with Gasteiger partial charge in [0.25, 0.3) is 0 Å². The van der Waals surface area contributed by atoms with Crippen molar-refractivity contribution in [3.63, 3.8) is 0 Å². The van der Waals surface area contributed by atoms with Gasteiger partial charge < -0.3 is 8.83 Å². The van der Waals surface area contributed by atoms with Crippen LogP contribution in [-0.4, -0.2) is 15.2 Å². The van der Waals surface area contributed by atoms with Gasteiger partial charge in [-0.25, -0.2) is 4.39 Å². The number of oxazole rings is 1. The lowest BCUT2D eigenvalue weighted by Gasteiger charge is -1.93. The third-order valence-electron chi connectivity index (χ3n) is 3.03. The van der Waals surface area contributed by atoms with Crippen molar-refractivity contribution < 1.29 is 13.2 Å².